The van der Waals surface area contributed by atoms with Crippen LogP contribution in [0.25, 0.3) is 0 Å². The quantitative estimate of drug-likeness (QED) is 0.701. The van der Waals surface area contributed by atoms with Gasteiger partial charge in [-0.05, 0) is 6.07 Å². The van der Waals surface area contributed by atoms with Crippen LogP contribution in [0.5, 0.6) is 0 Å². The van der Waals surface area contributed by atoms with E-state index in [2.05, 4.69) is 4.74 Å². The molecule has 0 unspecified atom stereocenters. The van der Waals surface area contributed by atoms with Gasteiger partial charge in [0, 0.05) is 12.1 Å². The maximum absolute atomic E-state index is 12.5. The minimum atomic E-state index is -0.222. The lowest BCUT2D eigenvalue weighted by Gasteiger charge is -1.94. The standard InChI is InChI=1S/C7H8FN.C2H4O2/c8-7-4-2-1-3-6(7)5-9;1-4-2-3/h1-4H,5,9H2;2H,1H3. The number of benzene rings is 1. The molecule has 0 aliphatic carbocycles. The molecule has 2 N–H and O–H groups in total. The van der Waals surface area contributed by atoms with Crippen molar-refractivity contribution in [2.24, 2.45) is 5.73 Å². The molecular weight excluding hydrogens is 173 g/mol. The molecule has 13 heavy (non-hydrogen) atoms. The molecule has 3 nitrogen and oxygen atoms in total. The third-order valence-corrected chi connectivity index (χ3v) is 1.27. The Hall–Kier alpha value is -1.42. The number of ether oxygens (including phenoxy) is 1. The number of hydrogen-bond acceptors (Lipinski definition) is 3. The van der Waals surface area contributed by atoms with Gasteiger partial charge in [-0.3, -0.25) is 4.79 Å². The number of nitrogens with two attached hydrogens (primary N) is 1. The zero-order valence-corrected chi connectivity index (χ0v) is 7.37. The Balaban J connectivity index is 0.000000310. The Kier molecular flexibility index (Phi) is 6.45. The fourth-order valence-corrected chi connectivity index (χ4v) is 0.664. The van der Waals surface area contributed by atoms with E-state index in [4.69, 9.17) is 10.5 Å². The van der Waals surface area contributed by atoms with Crippen LogP contribution >= 0.6 is 0 Å². The Morgan fingerprint density at radius 2 is 2.08 bits per heavy atom. The second kappa shape index (κ2) is 7.24. The zero-order chi connectivity index (χ0) is 10.1. The minimum absolute atomic E-state index is 0.222. The molecule has 0 saturated heterocycles. The van der Waals surface area contributed by atoms with E-state index in [1.54, 1.807) is 18.2 Å². The van der Waals surface area contributed by atoms with Crippen molar-refractivity contribution in [3.8, 4) is 0 Å². The fourth-order valence-electron chi connectivity index (χ4n) is 0.664. The van der Waals surface area contributed by atoms with Crippen molar-refractivity contribution in [3.63, 3.8) is 0 Å². The number of methoxy groups -OCH3 is 1. The Morgan fingerprint density at radius 3 is 2.38 bits per heavy atom. The number of carbonyl (C=O) groups is 1. The predicted molar refractivity (Wildman–Crippen MR) is 47.4 cm³/mol. The predicted octanol–water partition coefficient (Wildman–Crippen LogP) is 1.07. The van der Waals surface area contributed by atoms with Gasteiger partial charge in [-0.25, -0.2) is 4.39 Å². The molecule has 1 rings (SSSR count). The molecule has 0 bridgehead atoms. The van der Waals surface area contributed by atoms with Crippen LogP contribution < -0.4 is 5.73 Å². The Morgan fingerprint density at radius 1 is 1.54 bits per heavy atom. The first-order chi connectivity index (χ1) is 6.26. The number of hydrogen-bond donors (Lipinski definition) is 1. The first-order valence-corrected chi connectivity index (χ1v) is 3.66. The van der Waals surface area contributed by atoms with Crippen LogP contribution in [0.2, 0.25) is 0 Å². The molecule has 4 heteroatoms. The van der Waals surface area contributed by atoms with Crippen LogP contribution in [0, 0.1) is 5.82 Å². The van der Waals surface area contributed by atoms with Gasteiger partial charge in [0.15, 0.2) is 0 Å². The van der Waals surface area contributed by atoms with Crippen LogP contribution in [0.15, 0.2) is 24.3 Å². The van der Waals surface area contributed by atoms with Gasteiger partial charge in [0.25, 0.3) is 6.47 Å². The maximum atomic E-state index is 12.5. The molecule has 0 fully saturated rings. The van der Waals surface area contributed by atoms with Gasteiger partial charge < -0.3 is 10.5 Å². The molecule has 0 heterocycles. The summed E-state index contributed by atoms with van der Waals surface area (Å²) in [5.74, 6) is -0.222. The average Bonchev–Trinajstić information content (AvgIpc) is 2.19. The second-order valence-corrected chi connectivity index (χ2v) is 2.13. The summed E-state index contributed by atoms with van der Waals surface area (Å²) in [6.07, 6.45) is 0. The highest BCUT2D eigenvalue weighted by molar-refractivity contribution is 5.36. The van der Waals surface area contributed by atoms with E-state index in [1.807, 2.05) is 0 Å². The van der Waals surface area contributed by atoms with E-state index in [0.717, 1.165) is 0 Å². The fraction of sp³-hybridized carbons (Fsp3) is 0.222. The van der Waals surface area contributed by atoms with Gasteiger partial charge in [-0.15, -0.1) is 0 Å². The SMILES string of the molecule is COC=O.NCc1ccccc1F. The second-order valence-electron chi connectivity index (χ2n) is 2.13. The highest BCUT2D eigenvalue weighted by Gasteiger charge is 1.94. The summed E-state index contributed by atoms with van der Waals surface area (Å²) >= 11 is 0. The summed E-state index contributed by atoms with van der Waals surface area (Å²) in [5.41, 5.74) is 5.78. The third-order valence-electron chi connectivity index (χ3n) is 1.27. The molecule has 72 valence electrons. The van der Waals surface area contributed by atoms with E-state index in [0.29, 0.717) is 12.0 Å². The van der Waals surface area contributed by atoms with Crippen LogP contribution in [0.3, 0.4) is 0 Å². The topological polar surface area (TPSA) is 52.3 Å². The molecule has 0 atom stereocenters. The Labute approximate surface area is 76.3 Å². The van der Waals surface area contributed by atoms with Gasteiger partial charge >= 0.3 is 0 Å². The maximum Gasteiger partial charge on any atom is 0.292 e. The normalized spacial score (nSPS) is 8.23. The number of carbonyl (C=O) groups excluding carboxylic acids is 1. The van der Waals surface area contributed by atoms with Crippen LogP contribution in [0.4, 0.5) is 4.39 Å². The van der Waals surface area contributed by atoms with E-state index >= 15 is 0 Å². The minimum Gasteiger partial charge on any atom is -0.471 e. The first kappa shape index (κ1) is 11.6. The molecule has 0 amide bonds. The summed E-state index contributed by atoms with van der Waals surface area (Å²) in [6, 6.07) is 6.50. The summed E-state index contributed by atoms with van der Waals surface area (Å²) in [4.78, 5) is 8.95. The van der Waals surface area contributed by atoms with Gasteiger partial charge in [0.1, 0.15) is 5.82 Å². The first-order valence-electron chi connectivity index (χ1n) is 3.66. The molecule has 0 aliphatic rings. The molecule has 0 saturated carbocycles. The van der Waals surface area contributed by atoms with Gasteiger partial charge in [-0.1, -0.05) is 18.2 Å². The lowest BCUT2D eigenvalue weighted by Crippen LogP contribution is -1.98. The largest absolute Gasteiger partial charge is 0.471 e. The summed E-state index contributed by atoms with van der Waals surface area (Å²) in [5, 5.41) is 0. The monoisotopic (exact) mass is 185 g/mol. The van der Waals surface area contributed by atoms with Crippen molar-refractivity contribution >= 4 is 6.47 Å². The van der Waals surface area contributed by atoms with Crippen LogP contribution in [-0.2, 0) is 16.1 Å². The van der Waals surface area contributed by atoms with Crippen molar-refractivity contribution in [1.82, 2.24) is 0 Å². The molecule has 0 aliphatic heterocycles. The smallest absolute Gasteiger partial charge is 0.292 e. The van der Waals surface area contributed by atoms with Crippen molar-refractivity contribution in [2.75, 3.05) is 7.11 Å². The summed E-state index contributed by atoms with van der Waals surface area (Å²) in [7, 11) is 1.31. The molecule has 1 aromatic rings. The third kappa shape index (κ3) is 4.92. The van der Waals surface area contributed by atoms with E-state index in [9.17, 15) is 4.39 Å². The van der Waals surface area contributed by atoms with E-state index < -0.39 is 0 Å². The Bertz CT molecular complexity index is 253. The zero-order valence-electron chi connectivity index (χ0n) is 7.37. The highest BCUT2D eigenvalue weighted by Crippen LogP contribution is 2.03. The van der Waals surface area contributed by atoms with Crippen molar-refractivity contribution < 1.29 is 13.9 Å². The average molecular weight is 185 g/mol. The summed E-state index contributed by atoms with van der Waals surface area (Å²) < 4.78 is 16.4. The lowest BCUT2D eigenvalue weighted by molar-refractivity contribution is -0.126. The van der Waals surface area contributed by atoms with Gasteiger partial charge in [0.2, 0.25) is 0 Å². The molecular formula is C9H12FNO2. The highest BCUT2D eigenvalue weighted by atomic mass is 19.1. The van der Waals surface area contributed by atoms with E-state index in [-0.39, 0.29) is 12.4 Å². The van der Waals surface area contributed by atoms with Crippen LogP contribution in [-0.4, -0.2) is 13.6 Å². The summed E-state index contributed by atoms with van der Waals surface area (Å²) in [6.45, 7) is 0.646. The van der Waals surface area contributed by atoms with Crippen molar-refractivity contribution in [1.29, 1.82) is 0 Å². The molecule has 1 aromatic carbocycles. The van der Waals surface area contributed by atoms with Crippen molar-refractivity contribution in [3.05, 3.63) is 35.6 Å². The molecule has 0 aromatic heterocycles. The lowest BCUT2D eigenvalue weighted by atomic mass is 10.2. The van der Waals surface area contributed by atoms with Crippen molar-refractivity contribution in [2.45, 2.75) is 6.54 Å². The molecule has 0 radical (unpaired) electrons. The van der Waals surface area contributed by atoms with Crippen LogP contribution in [0.1, 0.15) is 5.56 Å². The molecule has 0 spiro atoms. The number of halogens is 1. The van der Waals surface area contributed by atoms with Gasteiger partial charge in [-0.2, -0.15) is 0 Å². The number of rotatable bonds is 2. The van der Waals surface area contributed by atoms with E-state index in [1.165, 1.54) is 13.2 Å². The van der Waals surface area contributed by atoms with Gasteiger partial charge in [0.05, 0.1) is 7.11 Å².